The molecule has 3 rings (SSSR count). The van der Waals surface area contributed by atoms with Gasteiger partial charge in [0, 0.05) is 24.4 Å². The van der Waals surface area contributed by atoms with Crippen molar-refractivity contribution in [2.45, 2.75) is 19.8 Å². The molecule has 128 valence electrons. The number of aryl methyl sites for hydroxylation is 2. The number of amides is 1. The van der Waals surface area contributed by atoms with Crippen molar-refractivity contribution in [1.82, 2.24) is 10.3 Å². The Morgan fingerprint density at radius 1 is 1.24 bits per heavy atom. The van der Waals surface area contributed by atoms with E-state index in [0.29, 0.717) is 24.1 Å². The van der Waals surface area contributed by atoms with Gasteiger partial charge in [0.25, 0.3) is 0 Å². The average molecular weight is 338 g/mol. The van der Waals surface area contributed by atoms with Crippen LogP contribution in [-0.2, 0) is 11.2 Å². The van der Waals surface area contributed by atoms with Gasteiger partial charge in [-0.05, 0) is 48.7 Å². The lowest BCUT2D eigenvalue weighted by atomic mass is 10.00. The molecule has 0 atom stereocenters. The molecule has 1 heterocycles. The molecule has 0 unspecified atom stereocenters. The average Bonchev–Trinajstić information content (AvgIpc) is 2.61. The molecule has 0 fully saturated rings. The van der Waals surface area contributed by atoms with Gasteiger partial charge in [-0.25, -0.2) is 9.37 Å². The third-order valence-electron chi connectivity index (χ3n) is 4.26. The third kappa shape index (κ3) is 3.45. The minimum absolute atomic E-state index is 0.0181. The molecule has 0 aliphatic heterocycles. The van der Waals surface area contributed by atoms with Crippen molar-refractivity contribution in [3.8, 4) is 17.0 Å². The van der Waals surface area contributed by atoms with Gasteiger partial charge in [0.2, 0.25) is 5.91 Å². The second-order valence-corrected chi connectivity index (χ2v) is 5.97. The van der Waals surface area contributed by atoms with E-state index >= 15 is 0 Å². The molecule has 5 heteroatoms. The number of nitrogens with zero attached hydrogens (tertiary/aromatic N) is 1. The number of aromatic nitrogens is 1. The van der Waals surface area contributed by atoms with E-state index in [-0.39, 0.29) is 11.7 Å². The first-order chi connectivity index (χ1) is 12.0. The minimum Gasteiger partial charge on any atom is -0.507 e. The smallest absolute Gasteiger partial charge is 0.220 e. The Morgan fingerprint density at radius 3 is 2.80 bits per heavy atom. The normalized spacial score (nSPS) is 10.8. The Balaban J connectivity index is 2.13. The molecule has 1 aromatic heterocycles. The molecule has 0 aliphatic rings. The minimum atomic E-state index is -0.430. The molecule has 1 amide bonds. The predicted octanol–water partition coefficient (Wildman–Crippen LogP) is 3.73. The topological polar surface area (TPSA) is 62.2 Å². The Morgan fingerprint density at radius 2 is 2.04 bits per heavy atom. The van der Waals surface area contributed by atoms with Crippen LogP contribution in [0.15, 0.2) is 42.5 Å². The highest BCUT2D eigenvalue weighted by atomic mass is 19.1. The zero-order valence-corrected chi connectivity index (χ0v) is 14.1. The standard InChI is InChI=1S/C20H19FN2O2/c1-12-10-17(16-11-14(21)7-8-18(16)24)23-20-13(4-3-5-15(12)20)6-9-19(25)22-2/h3-5,7-8,10-11,24H,6,9H2,1-2H3,(H,22,25). The van der Waals surface area contributed by atoms with Gasteiger partial charge in [-0.3, -0.25) is 4.79 Å². The summed E-state index contributed by atoms with van der Waals surface area (Å²) in [7, 11) is 1.61. The molecule has 0 saturated heterocycles. The van der Waals surface area contributed by atoms with Crippen LogP contribution in [0.25, 0.3) is 22.2 Å². The molecule has 0 radical (unpaired) electrons. The number of nitrogens with one attached hydrogen (secondary N) is 1. The summed E-state index contributed by atoms with van der Waals surface area (Å²) < 4.78 is 13.6. The fourth-order valence-electron chi connectivity index (χ4n) is 2.90. The lowest BCUT2D eigenvalue weighted by Gasteiger charge is -2.11. The van der Waals surface area contributed by atoms with Crippen LogP contribution in [0, 0.1) is 12.7 Å². The number of hydrogen-bond acceptors (Lipinski definition) is 3. The van der Waals surface area contributed by atoms with Gasteiger partial charge < -0.3 is 10.4 Å². The number of aromatic hydroxyl groups is 1. The number of benzene rings is 2. The summed E-state index contributed by atoms with van der Waals surface area (Å²) in [5.41, 5.74) is 3.55. The van der Waals surface area contributed by atoms with Gasteiger partial charge in [-0.1, -0.05) is 18.2 Å². The van der Waals surface area contributed by atoms with E-state index in [0.717, 1.165) is 22.0 Å². The molecule has 0 bridgehead atoms. The summed E-state index contributed by atoms with van der Waals surface area (Å²) in [5.74, 6) is -0.483. The van der Waals surface area contributed by atoms with Crippen molar-refractivity contribution in [3.63, 3.8) is 0 Å². The van der Waals surface area contributed by atoms with Gasteiger partial charge in [0.1, 0.15) is 11.6 Å². The van der Waals surface area contributed by atoms with Crippen LogP contribution in [0.5, 0.6) is 5.75 Å². The van der Waals surface area contributed by atoms with Gasteiger partial charge in [-0.15, -0.1) is 0 Å². The van der Waals surface area contributed by atoms with Crippen molar-refractivity contribution in [1.29, 1.82) is 0 Å². The first-order valence-corrected chi connectivity index (χ1v) is 8.08. The first kappa shape index (κ1) is 16.9. The molecule has 25 heavy (non-hydrogen) atoms. The highest BCUT2D eigenvalue weighted by molar-refractivity contribution is 5.88. The maximum atomic E-state index is 13.6. The van der Waals surface area contributed by atoms with Crippen molar-refractivity contribution >= 4 is 16.8 Å². The number of phenols is 1. The quantitative estimate of drug-likeness (QED) is 0.762. The fraction of sp³-hybridized carbons (Fsp3) is 0.200. The number of hydrogen-bond donors (Lipinski definition) is 2. The number of carbonyl (C=O) groups is 1. The van der Waals surface area contributed by atoms with E-state index in [1.807, 2.05) is 31.2 Å². The summed E-state index contributed by atoms with van der Waals surface area (Å²) in [4.78, 5) is 16.2. The Labute approximate surface area is 145 Å². The molecule has 3 aromatic rings. The van der Waals surface area contributed by atoms with Crippen LogP contribution in [0.2, 0.25) is 0 Å². The van der Waals surface area contributed by atoms with Gasteiger partial charge >= 0.3 is 0 Å². The number of rotatable bonds is 4. The zero-order valence-electron chi connectivity index (χ0n) is 14.1. The van der Waals surface area contributed by atoms with Crippen LogP contribution < -0.4 is 5.32 Å². The summed E-state index contributed by atoms with van der Waals surface area (Å²) in [6.45, 7) is 1.95. The van der Waals surface area contributed by atoms with Crippen LogP contribution >= 0.6 is 0 Å². The number of pyridine rings is 1. The maximum absolute atomic E-state index is 13.6. The number of carbonyl (C=O) groups excluding carboxylic acids is 1. The number of para-hydroxylation sites is 1. The summed E-state index contributed by atoms with van der Waals surface area (Å²) in [6.07, 6.45) is 0.924. The van der Waals surface area contributed by atoms with Crippen LogP contribution in [0.3, 0.4) is 0 Å². The number of fused-ring (bicyclic) bond motifs is 1. The van der Waals surface area contributed by atoms with Crippen molar-refractivity contribution in [3.05, 3.63) is 59.4 Å². The van der Waals surface area contributed by atoms with Crippen LogP contribution in [0.4, 0.5) is 4.39 Å². The summed E-state index contributed by atoms with van der Waals surface area (Å²) in [5, 5.41) is 13.7. The fourth-order valence-corrected chi connectivity index (χ4v) is 2.90. The van der Waals surface area contributed by atoms with Gasteiger partial charge in [0.05, 0.1) is 11.2 Å². The molecule has 0 spiro atoms. The van der Waals surface area contributed by atoms with Gasteiger partial charge in [0.15, 0.2) is 0 Å². The molecule has 0 saturated carbocycles. The third-order valence-corrected chi connectivity index (χ3v) is 4.26. The van der Waals surface area contributed by atoms with Gasteiger partial charge in [-0.2, -0.15) is 0 Å². The van der Waals surface area contributed by atoms with E-state index in [1.165, 1.54) is 18.2 Å². The van der Waals surface area contributed by atoms with Crippen LogP contribution in [-0.4, -0.2) is 23.0 Å². The number of halogens is 1. The molecular formula is C20H19FN2O2. The lowest BCUT2D eigenvalue weighted by Crippen LogP contribution is -2.18. The van der Waals surface area contributed by atoms with E-state index in [2.05, 4.69) is 10.3 Å². The van der Waals surface area contributed by atoms with Crippen molar-refractivity contribution in [2.75, 3.05) is 7.05 Å². The van der Waals surface area contributed by atoms with Crippen molar-refractivity contribution in [2.24, 2.45) is 0 Å². The Kier molecular flexibility index (Phi) is 4.65. The van der Waals surface area contributed by atoms with E-state index in [9.17, 15) is 14.3 Å². The lowest BCUT2D eigenvalue weighted by molar-refractivity contribution is -0.120. The highest BCUT2D eigenvalue weighted by Gasteiger charge is 2.12. The molecule has 2 aromatic carbocycles. The monoisotopic (exact) mass is 338 g/mol. The van der Waals surface area contributed by atoms with E-state index in [4.69, 9.17) is 0 Å². The SMILES string of the molecule is CNC(=O)CCc1cccc2c(C)cc(-c3cc(F)ccc3O)nc12. The van der Waals surface area contributed by atoms with Crippen molar-refractivity contribution < 1.29 is 14.3 Å². The number of phenolic OH excluding ortho intramolecular Hbond substituents is 1. The maximum Gasteiger partial charge on any atom is 0.220 e. The Hall–Kier alpha value is -2.95. The second-order valence-electron chi connectivity index (χ2n) is 5.97. The zero-order chi connectivity index (χ0) is 18.0. The Bertz CT molecular complexity index is 954. The molecule has 2 N–H and O–H groups in total. The summed E-state index contributed by atoms with van der Waals surface area (Å²) >= 11 is 0. The summed E-state index contributed by atoms with van der Waals surface area (Å²) in [6, 6.07) is 11.5. The first-order valence-electron chi connectivity index (χ1n) is 8.08. The van der Waals surface area contributed by atoms with E-state index in [1.54, 1.807) is 7.05 Å². The molecule has 0 aliphatic carbocycles. The van der Waals surface area contributed by atoms with E-state index < -0.39 is 5.82 Å². The van der Waals surface area contributed by atoms with Crippen LogP contribution in [0.1, 0.15) is 17.5 Å². The second kappa shape index (κ2) is 6.89. The highest BCUT2D eigenvalue weighted by Crippen LogP contribution is 2.32. The predicted molar refractivity (Wildman–Crippen MR) is 95.9 cm³/mol. The molecule has 4 nitrogen and oxygen atoms in total. The largest absolute Gasteiger partial charge is 0.507 e. The molecular weight excluding hydrogens is 319 g/mol.